The molecule has 2 aliphatic rings. The van der Waals surface area contributed by atoms with Crippen LogP contribution in [0.15, 0.2) is 48.5 Å². The van der Waals surface area contributed by atoms with Crippen molar-refractivity contribution in [2.24, 2.45) is 5.92 Å². The van der Waals surface area contributed by atoms with Gasteiger partial charge in [0.1, 0.15) is 5.75 Å². The fraction of sp³-hybridized carbons (Fsp3) is 0.350. The van der Waals surface area contributed by atoms with Gasteiger partial charge in [0.2, 0.25) is 0 Å². The quantitative estimate of drug-likeness (QED) is 0.783. The average Bonchev–Trinajstić information content (AvgIpc) is 3.10. The predicted molar refractivity (Wildman–Crippen MR) is 94.2 cm³/mol. The van der Waals surface area contributed by atoms with Gasteiger partial charge in [-0.1, -0.05) is 24.3 Å². The summed E-state index contributed by atoms with van der Waals surface area (Å²) in [6, 6.07) is 12.4. The third-order valence-corrected chi connectivity index (χ3v) is 5.37. The second-order valence-corrected chi connectivity index (χ2v) is 6.96. The minimum atomic E-state index is -4.39. The molecule has 2 fully saturated rings. The van der Waals surface area contributed by atoms with E-state index in [1.165, 1.54) is 12.1 Å². The summed E-state index contributed by atoms with van der Waals surface area (Å²) in [6.07, 6.45) is -4.84. The summed E-state index contributed by atoms with van der Waals surface area (Å²) in [5.74, 6) is -0.0950. The predicted octanol–water partition coefficient (Wildman–Crippen LogP) is 3.54. The lowest BCUT2D eigenvalue weighted by atomic mass is 9.76. The number of fused-ring (bicyclic) bond motifs is 1. The molecule has 0 radical (unpaired) electrons. The van der Waals surface area contributed by atoms with Crippen molar-refractivity contribution >= 4 is 5.97 Å². The molecule has 2 aromatic carbocycles. The summed E-state index contributed by atoms with van der Waals surface area (Å²) in [5.41, 5.74) is 7.10. The number of hydrogen-bond donors (Lipinski definition) is 2. The summed E-state index contributed by atoms with van der Waals surface area (Å²) in [6.45, 7) is 0. The lowest BCUT2D eigenvalue weighted by Crippen LogP contribution is -2.42. The van der Waals surface area contributed by atoms with E-state index in [2.05, 4.69) is 10.9 Å². The van der Waals surface area contributed by atoms with Gasteiger partial charge in [0, 0.05) is 11.8 Å². The van der Waals surface area contributed by atoms with Crippen molar-refractivity contribution in [3.8, 4) is 5.75 Å². The number of carbonyl (C=O) groups is 1. The van der Waals surface area contributed by atoms with Gasteiger partial charge in [-0.05, 0) is 35.4 Å². The summed E-state index contributed by atoms with van der Waals surface area (Å²) in [7, 11) is 1.58. The average molecular weight is 392 g/mol. The molecule has 2 aromatic rings. The number of carbonyl (C=O) groups excluding carboxylic acids is 1. The Morgan fingerprint density at radius 3 is 2.25 bits per heavy atom. The zero-order valence-electron chi connectivity index (χ0n) is 15.0. The Hall–Kier alpha value is -2.58. The van der Waals surface area contributed by atoms with Gasteiger partial charge in [-0.15, -0.1) is 0 Å². The molecule has 0 aromatic heterocycles. The number of benzene rings is 2. The Kier molecular flexibility index (Phi) is 4.76. The second kappa shape index (κ2) is 7.10. The number of ether oxygens (including phenoxy) is 2. The van der Waals surface area contributed by atoms with E-state index in [4.69, 9.17) is 9.47 Å². The minimum absolute atomic E-state index is 0.114. The van der Waals surface area contributed by atoms with Crippen LogP contribution < -0.4 is 15.6 Å². The Balaban J connectivity index is 1.65. The molecule has 4 unspecified atom stereocenters. The van der Waals surface area contributed by atoms with E-state index in [-0.39, 0.29) is 30.3 Å². The topological polar surface area (TPSA) is 59.6 Å². The maximum atomic E-state index is 12.9. The molecule has 5 nitrogen and oxygen atoms in total. The Morgan fingerprint density at radius 2 is 1.64 bits per heavy atom. The molecule has 2 saturated heterocycles. The highest BCUT2D eigenvalue weighted by Crippen LogP contribution is 2.45. The number of nitrogens with one attached hydrogen (secondary N) is 2. The molecule has 0 bridgehead atoms. The Morgan fingerprint density at radius 1 is 1.00 bits per heavy atom. The molecule has 28 heavy (non-hydrogen) atoms. The fourth-order valence-electron chi connectivity index (χ4n) is 3.97. The molecule has 8 heteroatoms. The summed E-state index contributed by atoms with van der Waals surface area (Å²) in [5, 5.41) is 0. The van der Waals surface area contributed by atoms with Gasteiger partial charge >= 0.3 is 12.1 Å². The van der Waals surface area contributed by atoms with Gasteiger partial charge in [-0.3, -0.25) is 4.79 Å². The number of alkyl halides is 3. The van der Waals surface area contributed by atoms with E-state index >= 15 is 0 Å². The number of halogens is 3. The molecule has 2 N–H and O–H groups in total. The largest absolute Gasteiger partial charge is 0.497 e. The van der Waals surface area contributed by atoms with Crippen molar-refractivity contribution in [1.82, 2.24) is 10.9 Å². The lowest BCUT2D eigenvalue weighted by molar-refractivity contribution is -0.160. The van der Waals surface area contributed by atoms with Crippen LogP contribution in [0.3, 0.4) is 0 Å². The summed E-state index contributed by atoms with van der Waals surface area (Å²) >= 11 is 0. The Labute approximate surface area is 159 Å². The molecular formula is C20H19F3N2O3. The maximum absolute atomic E-state index is 12.9. The van der Waals surface area contributed by atoms with Crippen molar-refractivity contribution in [2.75, 3.05) is 7.11 Å². The second-order valence-electron chi connectivity index (χ2n) is 6.96. The molecule has 2 aliphatic heterocycles. The monoisotopic (exact) mass is 392 g/mol. The normalized spacial score (nSPS) is 27.2. The standard InChI is InChI=1S/C20H19F3N2O3/c1-27-14-8-4-12(5-9-14)18-17-15(10-16(26)28-19(17)25-24-18)11-2-6-13(7-3-11)20(21,22)23/h2-9,15,17-19,24-25H,10H2,1H3. The SMILES string of the molecule is COc1ccc(C2NNC3OC(=O)CC(c4ccc(C(F)(F)F)cc4)C32)cc1. The van der Waals surface area contributed by atoms with Gasteiger partial charge in [0.15, 0.2) is 6.23 Å². The van der Waals surface area contributed by atoms with Gasteiger partial charge in [0.05, 0.1) is 25.1 Å². The number of hydrazine groups is 1. The van der Waals surface area contributed by atoms with Crippen LogP contribution in [0.4, 0.5) is 13.2 Å². The molecule has 4 atom stereocenters. The molecule has 148 valence electrons. The third kappa shape index (κ3) is 3.45. The van der Waals surface area contributed by atoms with Gasteiger partial charge in [-0.2, -0.15) is 13.2 Å². The van der Waals surface area contributed by atoms with E-state index in [9.17, 15) is 18.0 Å². The molecule has 2 heterocycles. The first-order valence-corrected chi connectivity index (χ1v) is 8.88. The third-order valence-electron chi connectivity index (χ3n) is 5.37. The van der Waals surface area contributed by atoms with Crippen LogP contribution in [0.25, 0.3) is 0 Å². The summed E-state index contributed by atoms with van der Waals surface area (Å²) in [4.78, 5) is 12.1. The van der Waals surface area contributed by atoms with Gasteiger partial charge in [0.25, 0.3) is 0 Å². The fourth-order valence-corrected chi connectivity index (χ4v) is 3.97. The summed E-state index contributed by atoms with van der Waals surface area (Å²) < 4.78 is 49.2. The Bertz CT molecular complexity index is 852. The molecule has 4 rings (SSSR count). The first-order valence-electron chi connectivity index (χ1n) is 8.88. The van der Waals surface area contributed by atoms with Crippen molar-refractivity contribution in [2.45, 2.75) is 30.8 Å². The van der Waals surface area contributed by atoms with Crippen molar-refractivity contribution in [1.29, 1.82) is 0 Å². The van der Waals surface area contributed by atoms with Gasteiger partial charge < -0.3 is 9.47 Å². The molecule has 0 aliphatic carbocycles. The minimum Gasteiger partial charge on any atom is -0.497 e. The van der Waals surface area contributed by atoms with E-state index in [0.29, 0.717) is 5.56 Å². The van der Waals surface area contributed by atoms with Crippen LogP contribution in [-0.2, 0) is 15.7 Å². The van der Waals surface area contributed by atoms with Crippen LogP contribution in [0.2, 0.25) is 0 Å². The van der Waals surface area contributed by atoms with Crippen LogP contribution in [0.5, 0.6) is 5.75 Å². The van der Waals surface area contributed by atoms with E-state index in [0.717, 1.165) is 23.4 Å². The smallest absolute Gasteiger partial charge is 0.416 e. The van der Waals surface area contributed by atoms with E-state index in [1.807, 2.05) is 24.3 Å². The van der Waals surface area contributed by atoms with Crippen molar-refractivity contribution < 1.29 is 27.4 Å². The van der Waals surface area contributed by atoms with Gasteiger partial charge in [-0.25, -0.2) is 10.9 Å². The van der Waals surface area contributed by atoms with Crippen LogP contribution in [0.1, 0.15) is 35.1 Å². The van der Waals surface area contributed by atoms with Crippen LogP contribution in [0, 0.1) is 5.92 Å². The zero-order chi connectivity index (χ0) is 19.9. The van der Waals surface area contributed by atoms with E-state index < -0.39 is 18.0 Å². The van der Waals surface area contributed by atoms with E-state index in [1.54, 1.807) is 7.11 Å². The number of esters is 1. The first kappa shape index (κ1) is 18.8. The molecule has 0 saturated carbocycles. The highest BCUT2D eigenvalue weighted by Gasteiger charge is 2.48. The molecular weight excluding hydrogens is 373 g/mol. The maximum Gasteiger partial charge on any atom is 0.416 e. The van der Waals surface area contributed by atoms with Crippen LogP contribution in [-0.4, -0.2) is 19.3 Å². The number of hydrogen-bond acceptors (Lipinski definition) is 5. The number of methoxy groups -OCH3 is 1. The highest BCUT2D eigenvalue weighted by atomic mass is 19.4. The van der Waals surface area contributed by atoms with Crippen molar-refractivity contribution in [3.05, 3.63) is 65.2 Å². The lowest BCUT2D eigenvalue weighted by Gasteiger charge is -2.35. The zero-order valence-corrected chi connectivity index (χ0v) is 15.0. The van der Waals surface area contributed by atoms with Crippen LogP contribution >= 0.6 is 0 Å². The highest BCUT2D eigenvalue weighted by molar-refractivity contribution is 5.72. The molecule has 0 amide bonds. The number of rotatable bonds is 3. The first-order chi connectivity index (χ1) is 13.4. The molecule has 0 spiro atoms. The van der Waals surface area contributed by atoms with Crippen molar-refractivity contribution in [3.63, 3.8) is 0 Å².